The maximum absolute atomic E-state index is 10.2. The minimum Gasteiger partial charge on any atom is -0.394 e. The van der Waals surface area contributed by atoms with Gasteiger partial charge in [-0.1, -0.05) is 29.8 Å². The summed E-state index contributed by atoms with van der Waals surface area (Å²) in [5.74, 6) is 0.191. The van der Waals surface area contributed by atoms with E-state index in [1.807, 2.05) is 0 Å². The van der Waals surface area contributed by atoms with E-state index in [9.17, 15) is 15.3 Å². The Morgan fingerprint density at radius 1 is 1.25 bits per heavy atom. The Morgan fingerprint density at radius 3 is 2.58 bits per heavy atom. The SMILES string of the molecule is Nc1nc(=S)n(C2OC(CO)C(O)C2O)cc1-c1ccccc1Cl. The largest absolute Gasteiger partial charge is 0.394 e. The third-order valence-electron chi connectivity index (χ3n) is 3.94. The first-order chi connectivity index (χ1) is 11.4. The topological polar surface area (TPSA) is 114 Å². The van der Waals surface area contributed by atoms with Crippen LogP contribution in [0.5, 0.6) is 0 Å². The van der Waals surface area contributed by atoms with Gasteiger partial charge in [0, 0.05) is 22.3 Å². The first-order valence-electron chi connectivity index (χ1n) is 7.20. The van der Waals surface area contributed by atoms with E-state index in [-0.39, 0.29) is 10.6 Å². The van der Waals surface area contributed by atoms with Crippen LogP contribution in [0, 0.1) is 4.77 Å². The van der Waals surface area contributed by atoms with Crippen molar-refractivity contribution in [2.45, 2.75) is 24.5 Å². The lowest BCUT2D eigenvalue weighted by atomic mass is 10.1. The molecule has 2 aromatic rings. The predicted molar refractivity (Wildman–Crippen MR) is 90.9 cm³/mol. The second-order valence-corrected chi connectivity index (χ2v) is 6.21. The number of hydrogen-bond acceptors (Lipinski definition) is 7. The molecule has 9 heteroatoms. The highest BCUT2D eigenvalue weighted by Crippen LogP contribution is 2.34. The summed E-state index contributed by atoms with van der Waals surface area (Å²) >= 11 is 11.4. The fourth-order valence-electron chi connectivity index (χ4n) is 2.66. The molecule has 1 aliphatic heterocycles. The number of nitrogens with two attached hydrogens (primary N) is 1. The van der Waals surface area contributed by atoms with Gasteiger partial charge in [0.1, 0.15) is 24.1 Å². The van der Waals surface area contributed by atoms with Gasteiger partial charge in [0.25, 0.3) is 0 Å². The van der Waals surface area contributed by atoms with E-state index in [0.29, 0.717) is 16.1 Å². The molecule has 5 N–H and O–H groups in total. The molecule has 1 aromatic heterocycles. The highest BCUT2D eigenvalue weighted by atomic mass is 35.5. The summed E-state index contributed by atoms with van der Waals surface area (Å²) in [4.78, 5) is 4.11. The van der Waals surface area contributed by atoms with Gasteiger partial charge in [-0.25, -0.2) is 4.98 Å². The van der Waals surface area contributed by atoms with Gasteiger partial charge in [0.15, 0.2) is 6.23 Å². The maximum atomic E-state index is 10.2. The van der Waals surface area contributed by atoms with Crippen molar-refractivity contribution < 1.29 is 20.1 Å². The zero-order valence-corrected chi connectivity index (χ0v) is 14.0. The van der Waals surface area contributed by atoms with Crippen LogP contribution in [-0.4, -0.2) is 49.8 Å². The molecule has 0 saturated carbocycles. The number of aromatic nitrogens is 2. The average Bonchev–Trinajstić information content (AvgIpc) is 2.84. The van der Waals surface area contributed by atoms with E-state index in [1.54, 1.807) is 30.5 Å². The highest BCUT2D eigenvalue weighted by molar-refractivity contribution is 7.71. The molecule has 1 saturated heterocycles. The molecule has 1 aromatic carbocycles. The van der Waals surface area contributed by atoms with E-state index >= 15 is 0 Å². The number of aliphatic hydroxyl groups is 3. The summed E-state index contributed by atoms with van der Waals surface area (Å²) < 4.78 is 6.97. The summed E-state index contributed by atoms with van der Waals surface area (Å²) in [5, 5.41) is 29.8. The average molecular weight is 370 g/mol. The third kappa shape index (κ3) is 2.92. The summed E-state index contributed by atoms with van der Waals surface area (Å²) in [5.41, 5.74) is 7.14. The molecule has 1 fully saturated rings. The highest BCUT2D eigenvalue weighted by Gasteiger charge is 2.43. The Balaban J connectivity index is 2.09. The van der Waals surface area contributed by atoms with Gasteiger partial charge in [-0.3, -0.25) is 4.57 Å². The van der Waals surface area contributed by atoms with Crippen LogP contribution in [0.15, 0.2) is 30.5 Å². The van der Waals surface area contributed by atoms with E-state index in [0.717, 1.165) is 0 Å². The number of halogens is 1. The molecule has 3 rings (SSSR count). The normalized spacial score (nSPS) is 26.7. The van der Waals surface area contributed by atoms with Gasteiger partial charge < -0.3 is 25.8 Å². The lowest BCUT2D eigenvalue weighted by Crippen LogP contribution is -2.33. The zero-order chi connectivity index (χ0) is 17.4. The maximum Gasteiger partial charge on any atom is 0.203 e. The first-order valence-corrected chi connectivity index (χ1v) is 7.98. The van der Waals surface area contributed by atoms with Crippen LogP contribution in [0.3, 0.4) is 0 Å². The van der Waals surface area contributed by atoms with E-state index in [4.69, 9.17) is 34.3 Å². The number of aliphatic hydroxyl groups excluding tert-OH is 3. The molecule has 4 atom stereocenters. The van der Waals surface area contributed by atoms with Crippen molar-refractivity contribution in [3.8, 4) is 11.1 Å². The van der Waals surface area contributed by atoms with Crippen LogP contribution in [0.1, 0.15) is 6.23 Å². The van der Waals surface area contributed by atoms with Crippen molar-refractivity contribution in [3.63, 3.8) is 0 Å². The number of nitrogens with zero attached hydrogens (tertiary/aromatic N) is 2. The molecule has 0 radical (unpaired) electrons. The Bertz CT molecular complexity index is 816. The van der Waals surface area contributed by atoms with Crippen molar-refractivity contribution in [2.24, 2.45) is 0 Å². The molecule has 0 spiro atoms. The molecular formula is C15H16ClN3O4S. The molecule has 4 unspecified atom stereocenters. The molecule has 0 aliphatic carbocycles. The van der Waals surface area contributed by atoms with Gasteiger partial charge in [-0.05, 0) is 18.3 Å². The molecule has 0 bridgehead atoms. The van der Waals surface area contributed by atoms with E-state index < -0.39 is 31.1 Å². The zero-order valence-electron chi connectivity index (χ0n) is 12.4. The first kappa shape index (κ1) is 17.3. The Morgan fingerprint density at radius 2 is 1.96 bits per heavy atom. The van der Waals surface area contributed by atoms with Crippen LogP contribution < -0.4 is 5.73 Å². The fraction of sp³-hybridized carbons (Fsp3) is 0.333. The standard InChI is InChI=1S/C15H16ClN3O4S/c16-9-4-2-1-3-7(9)8-5-19(15(24)18-13(8)17)14-12(22)11(21)10(6-20)23-14/h1-5,10-12,14,20-22H,6H2,(H2,17,18,24). The minimum atomic E-state index is -1.27. The van der Waals surface area contributed by atoms with Crippen LogP contribution in [0.4, 0.5) is 5.82 Å². The van der Waals surface area contributed by atoms with Gasteiger partial charge in [-0.2, -0.15) is 0 Å². The number of hydrogen-bond donors (Lipinski definition) is 4. The molecule has 128 valence electrons. The quantitative estimate of drug-likeness (QED) is 0.599. The van der Waals surface area contributed by atoms with Crippen LogP contribution in [0.25, 0.3) is 11.1 Å². The number of nitrogen functional groups attached to an aromatic ring is 1. The van der Waals surface area contributed by atoms with Gasteiger partial charge in [0.05, 0.1) is 6.61 Å². The second kappa shape index (κ2) is 6.75. The lowest BCUT2D eigenvalue weighted by molar-refractivity contribution is -0.0540. The smallest absolute Gasteiger partial charge is 0.203 e. The molecule has 7 nitrogen and oxygen atoms in total. The molecule has 1 aliphatic rings. The Kier molecular flexibility index (Phi) is 4.86. The van der Waals surface area contributed by atoms with E-state index in [2.05, 4.69) is 4.98 Å². The van der Waals surface area contributed by atoms with Gasteiger partial charge >= 0.3 is 0 Å². The summed E-state index contributed by atoms with van der Waals surface area (Å²) in [6, 6.07) is 7.09. The monoisotopic (exact) mass is 369 g/mol. The number of anilines is 1. The van der Waals surface area contributed by atoms with Crippen molar-refractivity contribution in [1.29, 1.82) is 0 Å². The Hall–Kier alpha value is -1.55. The lowest BCUT2D eigenvalue weighted by Gasteiger charge is -2.20. The summed E-state index contributed by atoms with van der Waals surface area (Å²) in [7, 11) is 0. The summed E-state index contributed by atoms with van der Waals surface area (Å²) in [6.07, 6.45) is -2.82. The Labute approximate surface area is 147 Å². The van der Waals surface area contributed by atoms with Crippen LogP contribution in [-0.2, 0) is 4.74 Å². The number of ether oxygens (including phenoxy) is 1. The van der Waals surface area contributed by atoms with Gasteiger partial charge in [0.2, 0.25) is 4.77 Å². The van der Waals surface area contributed by atoms with Crippen LogP contribution in [0.2, 0.25) is 5.02 Å². The van der Waals surface area contributed by atoms with Crippen molar-refractivity contribution >= 4 is 29.6 Å². The van der Waals surface area contributed by atoms with Crippen LogP contribution >= 0.6 is 23.8 Å². The van der Waals surface area contributed by atoms with Crippen molar-refractivity contribution in [3.05, 3.63) is 40.3 Å². The number of benzene rings is 1. The summed E-state index contributed by atoms with van der Waals surface area (Å²) in [6.45, 7) is -0.429. The molecule has 24 heavy (non-hydrogen) atoms. The number of rotatable bonds is 3. The molecule has 0 amide bonds. The third-order valence-corrected chi connectivity index (χ3v) is 4.57. The van der Waals surface area contributed by atoms with Gasteiger partial charge in [-0.15, -0.1) is 0 Å². The fourth-order valence-corrected chi connectivity index (χ4v) is 3.15. The van der Waals surface area contributed by atoms with E-state index in [1.165, 1.54) is 4.57 Å². The van der Waals surface area contributed by atoms with Crippen molar-refractivity contribution in [1.82, 2.24) is 9.55 Å². The molecule has 2 heterocycles. The predicted octanol–water partition coefficient (Wildman–Crippen LogP) is 1.13. The van der Waals surface area contributed by atoms with Crippen molar-refractivity contribution in [2.75, 3.05) is 12.3 Å². The molecular weight excluding hydrogens is 354 g/mol. The second-order valence-electron chi connectivity index (χ2n) is 5.44. The minimum absolute atomic E-state index is 0.0816.